The monoisotopic (exact) mass is 294 g/mol. The largest absolute Gasteiger partial charge is 0.494 e. The van der Waals surface area contributed by atoms with Gasteiger partial charge in [-0.1, -0.05) is 30.3 Å². The van der Waals surface area contributed by atoms with E-state index in [2.05, 4.69) is 10.3 Å². The number of nitrogens with one attached hydrogen (secondary N) is 1. The van der Waals surface area contributed by atoms with E-state index in [9.17, 15) is 4.39 Å². The zero-order valence-electron chi connectivity index (χ0n) is 12.1. The smallest absolute Gasteiger partial charge is 0.167 e. The molecule has 0 saturated carbocycles. The minimum absolute atomic E-state index is 0.219. The summed E-state index contributed by atoms with van der Waals surface area (Å²) in [6.07, 6.45) is 1.73. The predicted molar refractivity (Wildman–Crippen MR) is 85.9 cm³/mol. The van der Waals surface area contributed by atoms with Gasteiger partial charge in [0.2, 0.25) is 0 Å². The van der Waals surface area contributed by atoms with Crippen LogP contribution in [0.2, 0.25) is 0 Å². The molecule has 0 fully saturated rings. The number of methoxy groups -OCH3 is 1. The lowest BCUT2D eigenvalue weighted by Crippen LogP contribution is -1.95. The average Bonchev–Trinajstić information content (AvgIpc) is 2.56. The summed E-state index contributed by atoms with van der Waals surface area (Å²) in [5.74, 6) is 0.467. The first-order valence-corrected chi connectivity index (χ1v) is 6.88. The van der Waals surface area contributed by atoms with Gasteiger partial charge in [0.25, 0.3) is 0 Å². The molecule has 22 heavy (non-hydrogen) atoms. The van der Waals surface area contributed by atoms with Gasteiger partial charge in [0.05, 0.1) is 7.11 Å². The molecule has 4 heteroatoms. The van der Waals surface area contributed by atoms with Crippen molar-refractivity contribution < 1.29 is 9.13 Å². The molecule has 1 aromatic heterocycles. The molecule has 0 aliphatic heterocycles. The Morgan fingerprint density at radius 2 is 1.77 bits per heavy atom. The Balaban J connectivity index is 1.86. The number of rotatable bonds is 4. The molecule has 0 bridgehead atoms. The minimum Gasteiger partial charge on any atom is -0.494 e. The quantitative estimate of drug-likeness (QED) is 0.761. The maximum Gasteiger partial charge on any atom is 0.167 e. The molecule has 0 aliphatic rings. The molecule has 0 radical (unpaired) electrons. The van der Waals surface area contributed by atoms with E-state index in [1.165, 1.54) is 13.2 Å². The van der Waals surface area contributed by atoms with Crippen molar-refractivity contribution in [2.45, 2.75) is 0 Å². The average molecular weight is 294 g/mol. The molecular formula is C18H15FN2O. The lowest BCUT2D eigenvalue weighted by atomic mass is 10.1. The normalized spacial score (nSPS) is 10.3. The van der Waals surface area contributed by atoms with Gasteiger partial charge >= 0.3 is 0 Å². The van der Waals surface area contributed by atoms with E-state index in [0.29, 0.717) is 11.5 Å². The van der Waals surface area contributed by atoms with Gasteiger partial charge in [0.1, 0.15) is 5.82 Å². The number of hydrogen-bond acceptors (Lipinski definition) is 3. The van der Waals surface area contributed by atoms with Gasteiger partial charge in [-0.25, -0.2) is 9.37 Å². The Hall–Kier alpha value is -2.88. The summed E-state index contributed by atoms with van der Waals surface area (Å²) in [5.41, 5.74) is 2.77. The molecule has 2 aromatic carbocycles. The summed E-state index contributed by atoms with van der Waals surface area (Å²) in [7, 11) is 1.44. The van der Waals surface area contributed by atoms with Crippen LogP contribution in [0.1, 0.15) is 0 Å². The number of halogens is 1. The molecule has 0 spiro atoms. The van der Waals surface area contributed by atoms with E-state index < -0.39 is 5.82 Å². The third-order valence-corrected chi connectivity index (χ3v) is 3.29. The third kappa shape index (κ3) is 3.06. The zero-order chi connectivity index (χ0) is 15.4. The van der Waals surface area contributed by atoms with Gasteiger partial charge in [0.15, 0.2) is 11.6 Å². The standard InChI is InChI=1S/C18H15FN2O/c1-22-17-8-7-15(12-16(17)19)21-18-11-14(9-10-20-18)13-5-3-2-4-6-13/h2-12H,1H3,(H,20,21). The topological polar surface area (TPSA) is 34.1 Å². The Morgan fingerprint density at radius 3 is 2.50 bits per heavy atom. The number of nitrogens with zero attached hydrogens (tertiary/aromatic N) is 1. The molecule has 0 saturated heterocycles. The number of hydrogen-bond donors (Lipinski definition) is 1. The van der Waals surface area contributed by atoms with E-state index in [-0.39, 0.29) is 5.75 Å². The summed E-state index contributed by atoms with van der Waals surface area (Å²) in [4.78, 5) is 4.27. The molecule has 110 valence electrons. The molecule has 0 atom stereocenters. The van der Waals surface area contributed by atoms with E-state index in [0.717, 1.165) is 11.1 Å². The van der Waals surface area contributed by atoms with Crippen LogP contribution in [0.5, 0.6) is 5.75 Å². The van der Waals surface area contributed by atoms with Crippen molar-refractivity contribution in [2.75, 3.05) is 12.4 Å². The van der Waals surface area contributed by atoms with Crippen LogP contribution in [-0.2, 0) is 0 Å². The molecule has 0 unspecified atom stereocenters. The lowest BCUT2D eigenvalue weighted by Gasteiger charge is -2.09. The number of aromatic nitrogens is 1. The van der Waals surface area contributed by atoms with Crippen molar-refractivity contribution in [1.82, 2.24) is 4.98 Å². The van der Waals surface area contributed by atoms with Gasteiger partial charge < -0.3 is 10.1 Å². The fraction of sp³-hybridized carbons (Fsp3) is 0.0556. The molecular weight excluding hydrogens is 279 g/mol. The van der Waals surface area contributed by atoms with E-state index >= 15 is 0 Å². The van der Waals surface area contributed by atoms with Crippen molar-refractivity contribution in [3.63, 3.8) is 0 Å². The molecule has 1 heterocycles. The van der Waals surface area contributed by atoms with Crippen LogP contribution in [-0.4, -0.2) is 12.1 Å². The number of ether oxygens (including phenoxy) is 1. The summed E-state index contributed by atoms with van der Waals surface area (Å²) in [5, 5.41) is 3.10. The highest BCUT2D eigenvalue weighted by atomic mass is 19.1. The van der Waals surface area contributed by atoms with E-state index in [4.69, 9.17) is 4.74 Å². The molecule has 3 aromatic rings. The second kappa shape index (κ2) is 6.26. The van der Waals surface area contributed by atoms with Crippen LogP contribution >= 0.6 is 0 Å². The maximum atomic E-state index is 13.7. The Kier molecular flexibility index (Phi) is 4.01. The van der Waals surface area contributed by atoms with Crippen LogP contribution in [0.3, 0.4) is 0 Å². The Morgan fingerprint density at radius 1 is 0.955 bits per heavy atom. The number of pyridine rings is 1. The van der Waals surface area contributed by atoms with Crippen molar-refractivity contribution in [3.05, 3.63) is 72.7 Å². The first-order valence-electron chi connectivity index (χ1n) is 6.88. The van der Waals surface area contributed by atoms with Crippen molar-refractivity contribution in [3.8, 4) is 16.9 Å². The Bertz CT molecular complexity index is 775. The fourth-order valence-corrected chi connectivity index (χ4v) is 2.20. The predicted octanol–water partition coefficient (Wildman–Crippen LogP) is 4.64. The van der Waals surface area contributed by atoms with Gasteiger partial charge in [0, 0.05) is 18.0 Å². The third-order valence-electron chi connectivity index (χ3n) is 3.29. The van der Waals surface area contributed by atoms with Crippen LogP contribution in [0, 0.1) is 5.82 Å². The summed E-state index contributed by atoms with van der Waals surface area (Å²) in [6.45, 7) is 0. The molecule has 1 N–H and O–H groups in total. The molecule has 3 nitrogen and oxygen atoms in total. The second-order valence-electron chi connectivity index (χ2n) is 4.77. The van der Waals surface area contributed by atoms with Crippen LogP contribution in [0.25, 0.3) is 11.1 Å². The van der Waals surface area contributed by atoms with Crippen LogP contribution < -0.4 is 10.1 Å². The SMILES string of the molecule is COc1ccc(Nc2cc(-c3ccccc3)ccn2)cc1F. The fourth-order valence-electron chi connectivity index (χ4n) is 2.20. The maximum absolute atomic E-state index is 13.7. The number of anilines is 2. The molecule has 0 amide bonds. The highest BCUT2D eigenvalue weighted by Gasteiger charge is 2.05. The van der Waals surface area contributed by atoms with Crippen LogP contribution in [0.15, 0.2) is 66.9 Å². The van der Waals surface area contributed by atoms with E-state index in [1.54, 1.807) is 18.3 Å². The lowest BCUT2D eigenvalue weighted by molar-refractivity contribution is 0.386. The summed E-state index contributed by atoms with van der Waals surface area (Å²) >= 11 is 0. The molecule has 0 aliphatic carbocycles. The summed E-state index contributed by atoms with van der Waals surface area (Å²) in [6, 6.07) is 18.6. The second-order valence-corrected chi connectivity index (χ2v) is 4.77. The first-order chi connectivity index (χ1) is 10.8. The minimum atomic E-state index is -0.410. The summed E-state index contributed by atoms with van der Waals surface area (Å²) < 4.78 is 18.6. The van der Waals surface area contributed by atoms with Crippen molar-refractivity contribution in [2.24, 2.45) is 0 Å². The van der Waals surface area contributed by atoms with Crippen molar-refractivity contribution in [1.29, 1.82) is 0 Å². The van der Waals surface area contributed by atoms with Gasteiger partial charge in [-0.05, 0) is 35.4 Å². The van der Waals surface area contributed by atoms with Gasteiger partial charge in [-0.15, -0.1) is 0 Å². The highest BCUT2D eigenvalue weighted by molar-refractivity contribution is 5.68. The Labute approximate surface area is 128 Å². The van der Waals surface area contributed by atoms with E-state index in [1.807, 2.05) is 42.5 Å². The molecule has 3 rings (SSSR count). The van der Waals surface area contributed by atoms with Crippen LogP contribution in [0.4, 0.5) is 15.9 Å². The number of benzene rings is 2. The zero-order valence-corrected chi connectivity index (χ0v) is 12.1. The van der Waals surface area contributed by atoms with Crippen molar-refractivity contribution >= 4 is 11.5 Å². The van der Waals surface area contributed by atoms with Gasteiger partial charge in [-0.2, -0.15) is 0 Å². The first kappa shape index (κ1) is 14.1. The highest BCUT2D eigenvalue weighted by Crippen LogP contribution is 2.25. The van der Waals surface area contributed by atoms with Gasteiger partial charge in [-0.3, -0.25) is 0 Å².